The van der Waals surface area contributed by atoms with Gasteiger partial charge >= 0.3 is 11.9 Å². The molecule has 0 unspecified atom stereocenters. The van der Waals surface area contributed by atoms with Crippen LogP contribution in [0.1, 0.15) is 20.3 Å². The Labute approximate surface area is 74.8 Å². The summed E-state index contributed by atoms with van der Waals surface area (Å²) in [5.74, 6) is -2.68. The summed E-state index contributed by atoms with van der Waals surface area (Å²) in [7, 11) is 0. The standard InChI is InChI=1S/C4H6O5.C3H6O/c5-2(4(8)9)1-3(6)7;1-3(2)4/h2,5H,1H2,(H,6,7)(H,8,9);1-2H3/t2-;/m1./s1. The molecular weight excluding hydrogens is 180 g/mol. The van der Waals surface area contributed by atoms with E-state index in [-0.39, 0.29) is 5.78 Å². The van der Waals surface area contributed by atoms with Crippen LogP contribution in [0.4, 0.5) is 0 Å². The van der Waals surface area contributed by atoms with Crippen molar-refractivity contribution in [1.29, 1.82) is 0 Å². The molecule has 0 heterocycles. The van der Waals surface area contributed by atoms with Crippen LogP contribution in [-0.2, 0) is 14.4 Å². The van der Waals surface area contributed by atoms with Crippen LogP contribution in [0.15, 0.2) is 0 Å². The van der Waals surface area contributed by atoms with Gasteiger partial charge in [-0.15, -0.1) is 0 Å². The summed E-state index contributed by atoms with van der Waals surface area (Å²) in [6.45, 7) is 3.06. The lowest BCUT2D eigenvalue weighted by Crippen LogP contribution is -2.22. The van der Waals surface area contributed by atoms with Crippen molar-refractivity contribution in [1.82, 2.24) is 0 Å². The Kier molecular flexibility index (Phi) is 7.85. The fourth-order valence-corrected chi connectivity index (χ4v) is 0.253. The summed E-state index contributed by atoms with van der Waals surface area (Å²) in [6, 6.07) is 0. The Morgan fingerprint density at radius 1 is 1.15 bits per heavy atom. The van der Waals surface area contributed by atoms with Gasteiger partial charge in [0.2, 0.25) is 0 Å². The van der Waals surface area contributed by atoms with Gasteiger partial charge in [0.25, 0.3) is 0 Å². The van der Waals surface area contributed by atoms with E-state index in [0.717, 1.165) is 0 Å². The van der Waals surface area contributed by atoms with Crippen molar-refractivity contribution in [3.05, 3.63) is 0 Å². The van der Waals surface area contributed by atoms with E-state index in [1.54, 1.807) is 0 Å². The summed E-state index contributed by atoms with van der Waals surface area (Å²) < 4.78 is 0. The molecule has 76 valence electrons. The molecule has 0 spiro atoms. The second-order valence-electron chi connectivity index (χ2n) is 2.36. The zero-order valence-electron chi connectivity index (χ0n) is 7.35. The number of ketones is 1. The first-order valence-corrected chi connectivity index (χ1v) is 3.37. The summed E-state index contributed by atoms with van der Waals surface area (Å²) in [5.41, 5.74) is 0. The summed E-state index contributed by atoms with van der Waals surface area (Å²) >= 11 is 0. The summed E-state index contributed by atoms with van der Waals surface area (Å²) in [4.78, 5) is 28.9. The molecule has 6 heteroatoms. The van der Waals surface area contributed by atoms with E-state index in [0.29, 0.717) is 0 Å². The van der Waals surface area contributed by atoms with Crippen molar-refractivity contribution in [3.8, 4) is 0 Å². The number of Topliss-reactive ketones (excluding diaryl/α,β-unsaturated/α-hetero) is 1. The van der Waals surface area contributed by atoms with E-state index in [1.165, 1.54) is 13.8 Å². The number of carbonyl (C=O) groups is 3. The zero-order valence-corrected chi connectivity index (χ0v) is 7.35. The van der Waals surface area contributed by atoms with Crippen LogP contribution in [0.2, 0.25) is 0 Å². The van der Waals surface area contributed by atoms with Gasteiger partial charge in [-0.1, -0.05) is 0 Å². The average Bonchev–Trinajstić information content (AvgIpc) is 1.83. The molecule has 0 amide bonds. The van der Waals surface area contributed by atoms with Gasteiger partial charge in [-0.05, 0) is 13.8 Å². The lowest BCUT2D eigenvalue weighted by atomic mass is 10.3. The molecule has 0 aliphatic heterocycles. The topological polar surface area (TPSA) is 112 Å². The minimum atomic E-state index is -1.79. The van der Waals surface area contributed by atoms with Crippen LogP contribution in [0, 0.1) is 0 Å². The SMILES string of the molecule is CC(C)=O.O=C(O)C[C@@H](O)C(=O)O. The minimum absolute atomic E-state index is 0.167. The molecule has 0 fully saturated rings. The molecular formula is C7H12O6. The van der Waals surface area contributed by atoms with Crippen LogP contribution >= 0.6 is 0 Å². The molecule has 0 aromatic heterocycles. The number of carboxylic acid groups (broad SMARTS) is 2. The van der Waals surface area contributed by atoms with Crippen molar-refractivity contribution < 1.29 is 29.7 Å². The first-order chi connectivity index (χ1) is 5.77. The van der Waals surface area contributed by atoms with Crippen LogP contribution in [-0.4, -0.2) is 39.1 Å². The van der Waals surface area contributed by atoms with E-state index in [9.17, 15) is 14.4 Å². The second-order valence-corrected chi connectivity index (χ2v) is 2.36. The molecule has 0 aromatic rings. The smallest absolute Gasteiger partial charge is 0.333 e. The highest BCUT2D eigenvalue weighted by molar-refractivity contribution is 5.79. The molecule has 6 nitrogen and oxygen atoms in total. The Bertz CT molecular complexity index is 193. The van der Waals surface area contributed by atoms with Crippen molar-refractivity contribution in [2.45, 2.75) is 26.4 Å². The van der Waals surface area contributed by atoms with Crippen molar-refractivity contribution in [2.75, 3.05) is 0 Å². The number of rotatable bonds is 3. The molecule has 0 saturated carbocycles. The van der Waals surface area contributed by atoms with Gasteiger partial charge in [-0.25, -0.2) is 4.79 Å². The number of carboxylic acids is 2. The number of carbonyl (C=O) groups excluding carboxylic acids is 1. The Morgan fingerprint density at radius 3 is 1.54 bits per heavy atom. The monoisotopic (exact) mass is 192 g/mol. The van der Waals surface area contributed by atoms with E-state index in [4.69, 9.17) is 15.3 Å². The predicted molar refractivity (Wildman–Crippen MR) is 42.3 cm³/mol. The first-order valence-electron chi connectivity index (χ1n) is 3.37. The number of aliphatic hydroxyl groups is 1. The minimum Gasteiger partial charge on any atom is -0.481 e. The molecule has 0 saturated heterocycles. The van der Waals surface area contributed by atoms with Gasteiger partial charge in [-0.2, -0.15) is 0 Å². The number of hydrogen-bond acceptors (Lipinski definition) is 4. The van der Waals surface area contributed by atoms with Crippen LogP contribution < -0.4 is 0 Å². The Balaban J connectivity index is 0. The second kappa shape index (κ2) is 7.23. The highest BCUT2D eigenvalue weighted by Crippen LogP contribution is 1.89. The van der Waals surface area contributed by atoms with Gasteiger partial charge in [-0.3, -0.25) is 4.79 Å². The third-order valence-corrected chi connectivity index (χ3v) is 0.653. The third kappa shape index (κ3) is 18.0. The van der Waals surface area contributed by atoms with Gasteiger partial charge in [0.05, 0.1) is 6.42 Å². The molecule has 0 radical (unpaired) electrons. The predicted octanol–water partition coefficient (Wildman–Crippen LogP) is -0.498. The largest absolute Gasteiger partial charge is 0.481 e. The van der Waals surface area contributed by atoms with E-state index < -0.39 is 24.5 Å². The quantitative estimate of drug-likeness (QED) is 0.555. The molecule has 1 atom stereocenters. The maximum Gasteiger partial charge on any atom is 0.333 e. The maximum absolute atomic E-state index is 9.72. The van der Waals surface area contributed by atoms with Gasteiger partial charge in [0, 0.05) is 0 Å². The Hall–Kier alpha value is -1.43. The summed E-state index contributed by atoms with van der Waals surface area (Å²) in [6.07, 6.45) is -2.54. The van der Waals surface area contributed by atoms with Crippen molar-refractivity contribution in [3.63, 3.8) is 0 Å². The van der Waals surface area contributed by atoms with Gasteiger partial charge < -0.3 is 20.1 Å². The van der Waals surface area contributed by atoms with E-state index >= 15 is 0 Å². The van der Waals surface area contributed by atoms with Crippen molar-refractivity contribution >= 4 is 17.7 Å². The fraction of sp³-hybridized carbons (Fsp3) is 0.571. The average molecular weight is 192 g/mol. The molecule has 13 heavy (non-hydrogen) atoms. The van der Waals surface area contributed by atoms with Gasteiger partial charge in [0.15, 0.2) is 6.10 Å². The van der Waals surface area contributed by atoms with Crippen LogP contribution in [0.3, 0.4) is 0 Å². The lowest BCUT2D eigenvalue weighted by molar-refractivity contribution is -0.152. The lowest BCUT2D eigenvalue weighted by Gasteiger charge is -1.97. The highest BCUT2D eigenvalue weighted by Gasteiger charge is 2.16. The first kappa shape index (κ1) is 14.1. The maximum atomic E-state index is 9.72. The molecule has 3 N–H and O–H groups in total. The highest BCUT2D eigenvalue weighted by atomic mass is 16.4. The molecule has 0 aliphatic carbocycles. The van der Waals surface area contributed by atoms with Crippen molar-refractivity contribution in [2.24, 2.45) is 0 Å². The van der Waals surface area contributed by atoms with E-state index in [1.807, 2.05) is 0 Å². The molecule has 0 aromatic carbocycles. The number of aliphatic hydroxyl groups excluding tert-OH is 1. The van der Waals surface area contributed by atoms with Gasteiger partial charge in [0.1, 0.15) is 5.78 Å². The normalized spacial score (nSPS) is 10.7. The summed E-state index contributed by atoms with van der Waals surface area (Å²) in [5, 5.41) is 24.1. The number of hydrogen-bond donors (Lipinski definition) is 3. The molecule has 0 bridgehead atoms. The number of aliphatic carboxylic acids is 2. The fourth-order valence-electron chi connectivity index (χ4n) is 0.253. The van der Waals surface area contributed by atoms with E-state index in [2.05, 4.69) is 0 Å². The zero-order chi connectivity index (χ0) is 11.0. The molecule has 0 rings (SSSR count). The third-order valence-electron chi connectivity index (χ3n) is 0.653. The molecule has 0 aliphatic rings. The van der Waals surface area contributed by atoms with Crippen LogP contribution in [0.25, 0.3) is 0 Å². The Morgan fingerprint density at radius 2 is 1.46 bits per heavy atom. The van der Waals surface area contributed by atoms with Crippen LogP contribution in [0.5, 0.6) is 0 Å².